The number of anilines is 1. The molecule has 2 aliphatic rings. The van der Waals surface area contributed by atoms with Crippen LogP contribution in [0.25, 0.3) is 0 Å². The summed E-state index contributed by atoms with van der Waals surface area (Å²) in [5.74, 6) is 0.737. The second-order valence-corrected chi connectivity index (χ2v) is 8.49. The maximum Gasteiger partial charge on any atom is 0.265 e. The van der Waals surface area contributed by atoms with Crippen LogP contribution in [0.5, 0.6) is 17.2 Å². The van der Waals surface area contributed by atoms with Gasteiger partial charge in [0.1, 0.15) is 5.75 Å². The zero-order chi connectivity index (χ0) is 23.5. The van der Waals surface area contributed by atoms with Crippen LogP contribution in [0.2, 0.25) is 5.02 Å². The Bertz CT molecular complexity index is 1040. The van der Waals surface area contributed by atoms with Crippen LogP contribution in [-0.2, 0) is 9.53 Å². The molecule has 2 amide bonds. The van der Waals surface area contributed by atoms with Crippen LogP contribution in [0.4, 0.5) is 5.69 Å². The lowest BCUT2D eigenvalue weighted by atomic mass is 10.1. The number of rotatable bonds is 5. The minimum Gasteiger partial charge on any atom is -0.493 e. The first-order chi connectivity index (χ1) is 15.9. The van der Waals surface area contributed by atoms with Crippen LogP contribution in [0.3, 0.4) is 0 Å². The summed E-state index contributed by atoms with van der Waals surface area (Å²) in [7, 11) is 1.49. The number of para-hydroxylation sites is 2. The molecule has 2 aromatic carbocycles. The first-order valence-electron chi connectivity index (χ1n) is 10.9. The normalized spacial score (nSPS) is 17.9. The van der Waals surface area contributed by atoms with Gasteiger partial charge in [0.05, 0.1) is 43.7 Å². The van der Waals surface area contributed by atoms with Gasteiger partial charge in [-0.15, -0.1) is 0 Å². The van der Waals surface area contributed by atoms with E-state index in [1.165, 1.54) is 7.11 Å². The monoisotopic (exact) mass is 474 g/mol. The molecule has 8 nitrogen and oxygen atoms in total. The first-order valence-corrected chi connectivity index (χ1v) is 11.2. The number of ether oxygens (including phenoxy) is 4. The molecule has 2 aromatic rings. The van der Waals surface area contributed by atoms with Gasteiger partial charge < -0.3 is 28.7 Å². The Morgan fingerprint density at radius 1 is 1.15 bits per heavy atom. The van der Waals surface area contributed by atoms with E-state index < -0.39 is 6.10 Å². The Labute approximate surface area is 197 Å². The van der Waals surface area contributed by atoms with E-state index in [1.54, 1.807) is 40.1 Å². The van der Waals surface area contributed by atoms with Crippen molar-refractivity contribution >= 4 is 29.1 Å². The number of halogens is 1. The summed E-state index contributed by atoms with van der Waals surface area (Å²) in [6.07, 6.45) is -0.932. The van der Waals surface area contributed by atoms with Gasteiger partial charge in [-0.1, -0.05) is 23.7 Å². The van der Waals surface area contributed by atoms with E-state index in [2.05, 4.69) is 0 Å². The quantitative estimate of drug-likeness (QED) is 0.661. The molecule has 1 saturated heterocycles. The van der Waals surface area contributed by atoms with E-state index in [0.29, 0.717) is 54.8 Å². The number of benzene rings is 2. The zero-order valence-corrected chi connectivity index (χ0v) is 19.6. The van der Waals surface area contributed by atoms with E-state index >= 15 is 0 Å². The molecule has 0 N–H and O–H groups in total. The van der Waals surface area contributed by atoms with Gasteiger partial charge in [-0.3, -0.25) is 9.59 Å². The first kappa shape index (κ1) is 23.2. The number of amides is 2. The number of carbonyl (C=O) groups is 2. The number of nitrogens with zero attached hydrogens (tertiary/aromatic N) is 2. The van der Waals surface area contributed by atoms with Crippen molar-refractivity contribution in [1.29, 1.82) is 0 Å². The van der Waals surface area contributed by atoms with E-state index in [4.69, 9.17) is 30.5 Å². The van der Waals surface area contributed by atoms with Crippen molar-refractivity contribution in [3.05, 3.63) is 47.0 Å². The van der Waals surface area contributed by atoms with Crippen molar-refractivity contribution in [3.63, 3.8) is 0 Å². The third kappa shape index (κ3) is 4.86. The molecule has 0 saturated carbocycles. The van der Waals surface area contributed by atoms with Crippen LogP contribution in [-0.4, -0.2) is 68.9 Å². The van der Waals surface area contributed by atoms with Crippen LogP contribution < -0.4 is 19.1 Å². The third-order valence-electron chi connectivity index (χ3n) is 5.45. The van der Waals surface area contributed by atoms with Crippen LogP contribution in [0.1, 0.15) is 24.2 Å². The van der Waals surface area contributed by atoms with Gasteiger partial charge >= 0.3 is 0 Å². The number of hydrogen-bond donors (Lipinski definition) is 0. The summed E-state index contributed by atoms with van der Waals surface area (Å²) in [6, 6.07) is 10.3. The van der Waals surface area contributed by atoms with Crippen molar-refractivity contribution in [3.8, 4) is 17.2 Å². The molecule has 1 fully saturated rings. The molecule has 2 aliphatic heterocycles. The molecule has 0 spiro atoms. The Hall–Kier alpha value is -2.97. The Morgan fingerprint density at radius 2 is 1.88 bits per heavy atom. The Kier molecular flexibility index (Phi) is 6.95. The highest BCUT2D eigenvalue weighted by Gasteiger charge is 2.37. The standard InChI is InChI=1S/C24H27ClN2O6/c1-15(2)32-22-17(25)12-16(13-20(22)30-3)23(28)27-14-21(24(29)26-8-10-31-11-9-26)33-19-7-5-4-6-18(19)27/h4-7,12-13,15,21H,8-11,14H2,1-3H3. The van der Waals surface area contributed by atoms with Gasteiger partial charge in [0.25, 0.3) is 11.8 Å². The third-order valence-corrected chi connectivity index (χ3v) is 5.73. The fraction of sp³-hybridized carbons (Fsp3) is 0.417. The van der Waals surface area contributed by atoms with Gasteiger partial charge in [-0.2, -0.15) is 0 Å². The number of fused-ring (bicyclic) bond motifs is 1. The zero-order valence-electron chi connectivity index (χ0n) is 18.9. The molecule has 0 aromatic heterocycles. The van der Waals surface area contributed by atoms with Crippen molar-refractivity contribution in [2.45, 2.75) is 26.1 Å². The largest absolute Gasteiger partial charge is 0.493 e. The molecule has 0 radical (unpaired) electrons. The molecule has 4 rings (SSSR count). The highest BCUT2D eigenvalue weighted by atomic mass is 35.5. The molecule has 2 heterocycles. The lowest BCUT2D eigenvalue weighted by Gasteiger charge is -2.37. The van der Waals surface area contributed by atoms with Crippen LogP contribution >= 0.6 is 11.6 Å². The van der Waals surface area contributed by atoms with E-state index in [0.717, 1.165) is 0 Å². The minimum absolute atomic E-state index is 0.0796. The second-order valence-electron chi connectivity index (χ2n) is 8.08. The van der Waals surface area contributed by atoms with Gasteiger partial charge in [0.15, 0.2) is 17.6 Å². The summed E-state index contributed by atoms with van der Waals surface area (Å²) in [5, 5.41) is 0.272. The maximum atomic E-state index is 13.6. The second kappa shape index (κ2) is 9.89. The van der Waals surface area contributed by atoms with Crippen molar-refractivity contribution in [1.82, 2.24) is 4.90 Å². The minimum atomic E-state index is -0.817. The number of methoxy groups -OCH3 is 1. The van der Waals surface area contributed by atoms with Crippen LogP contribution in [0.15, 0.2) is 36.4 Å². The number of hydrogen-bond acceptors (Lipinski definition) is 6. The molecule has 33 heavy (non-hydrogen) atoms. The average Bonchev–Trinajstić information content (AvgIpc) is 2.83. The highest BCUT2D eigenvalue weighted by molar-refractivity contribution is 6.33. The molecule has 9 heteroatoms. The summed E-state index contributed by atoms with van der Waals surface area (Å²) >= 11 is 6.45. The molecule has 0 bridgehead atoms. The van der Waals surface area contributed by atoms with E-state index in [9.17, 15) is 9.59 Å². The predicted molar refractivity (Wildman–Crippen MR) is 124 cm³/mol. The Morgan fingerprint density at radius 3 is 2.58 bits per heavy atom. The van der Waals surface area contributed by atoms with Gasteiger partial charge in [0, 0.05) is 18.7 Å². The predicted octanol–water partition coefficient (Wildman–Crippen LogP) is 3.40. The molecular weight excluding hydrogens is 448 g/mol. The Balaban J connectivity index is 1.66. The summed E-state index contributed by atoms with van der Waals surface area (Å²) in [4.78, 5) is 30.0. The number of morpholine rings is 1. The molecule has 1 unspecified atom stereocenters. The maximum absolute atomic E-state index is 13.6. The topological polar surface area (TPSA) is 77.5 Å². The van der Waals surface area contributed by atoms with E-state index in [-0.39, 0.29) is 29.5 Å². The van der Waals surface area contributed by atoms with Crippen LogP contribution in [0, 0.1) is 0 Å². The fourth-order valence-electron chi connectivity index (χ4n) is 3.89. The van der Waals surface area contributed by atoms with Crippen molar-refractivity contribution in [2.24, 2.45) is 0 Å². The highest BCUT2D eigenvalue weighted by Crippen LogP contribution is 2.39. The summed E-state index contributed by atoms with van der Waals surface area (Å²) in [6.45, 7) is 5.81. The smallest absolute Gasteiger partial charge is 0.265 e. The average molecular weight is 475 g/mol. The molecule has 176 valence electrons. The van der Waals surface area contributed by atoms with E-state index in [1.807, 2.05) is 19.9 Å². The summed E-state index contributed by atoms with van der Waals surface area (Å²) in [5.41, 5.74) is 0.911. The fourth-order valence-corrected chi connectivity index (χ4v) is 4.15. The number of carbonyl (C=O) groups excluding carboxylic acids is 2. The lowest BCUT2D eigenvalue weighted by Crippen LogP contribution is -2.54. The van der Waals surface area contributed by atoms with Gasteiger partial charge in [-0.05, 0) is 38.1 Å². The molecule has 0 aliphatic carbocycles. The van der Waals surface area contributed by atoms with Crippen molar-refractivity contribution < 1.29 is 28.5 Å². The van der Waals surface area contributed by atoms with Crippen molar-refractivity contribution in [2.75, 3.05) is 44.9 Å². The van der Waals surface area contributed by atoms with Gasteiger partial charge in [-0.25, -0.2) is 0 Å². The molecular formula is C24H27ClN2O6. The SMILES string of the molecule is COc1cc(C(=O)N2CC(C(=O)N3CCOCC3)Oc3ccccc32)cc(Cl)c1OC(C)C. The lowest BCUT2D eigenvalue weighted by molar-refractivity contribution is -0.142. The molecule has 1 atom stereocenters. The van der Waals surface area contributed by atoms with Gasteiger partial charge in [0.2, 0.25) is 0 Å². The summed E-state index contributed by atoms with van der Waals surface area (Å²) < 4.78 is 22.5.